The van der Waals surface area contributed by atoms with E-state index >= 15 is 0 Å². The number of carbonyl (C=O) groups excluding carboxylic acids is 1. The molecule has 0 saturated heterocycles. The van der Waals surface area contributed by atoms with Crippen LogP contribution in [-0.2, 0) is 0 Å². The van der Waals surface area contributed by atoms with Gasteiger partial charge >= 0.3 is 12.8 Å². The standard InChI is InChI=1S/C15H11F5N2O3/c16-14(17)25-11-4-2-1-3-10(11)13(23)22-9-5-6-12(21-7-9)24-8-15(18,19)20/h1-7,14H,8H2,(H,22,23). The number of para-hydroxylation sites is 1. The molecule has 0 spiro atoms. The number of amides is 1. The Balaban J connectivity index is 2.04. The summed E-state index contributed by atoms with van der Waals surface area (Å²) in [7, 11) is 0. The Bertz CT molecular complexity index is 720. The van der Waals surface area contributed by atoms with Crippen molar-refractivity contribution in [3.8, 4) is 11.6 Å². The molecule has 0 saturated carbocycles. The first kappa shape index (κ1) is 18.4. The van der Waals surface area contributed by atoms with E-state index in [0.717, 1.165) is 12.3 Å². The van der Waals surface area contributed by atoms with Gasteiger partial charge in [0.05, 0.1) is 17.4 Å². The normalized spacial score (nSPS) is 11.3. The molecule has 1 aromatic carbocycles. The van der Waals surface area contributed by atoms with Gasteiger partial charge in [0.15, 0.2) is 6.61 Å². The maximum atomic E-state index is 12.3. The second-order valence-electron chi connectivity index (χ2n) is 4.62. The molecule has 134 valence electrons. The largest absolute Gasteiger partial charge is 0.468 e. The minimum absolute atomic E-state index is 0.135. The van der Waals surface area contributed by atoms with Crippen LogP contribution in [-0.4, -0.2) is 30.3 Å². The average Bonchev–Trinajstić information content (AvgIpc) is 2.53. The summed E-state index contributed by atoms with van der Waals surface area (Å²) in [5.41, 5.74) is -0.00333. The lowest BCUT2D eigenvalue weighted by Gasteiger charge is -2.11. The van der Waals surface area contributed by atoms with Crippen LogP contribution in [0.4, 0.5) is 27.6 Å². The van der Waals surface area contributed by atoms with E-state index in [1.807, 2.05) is 0 Å². The van der Waals surface area contributed by atoms with Crippen molar-refractivity contribution in [1.82, 2.24) is 4.98 Å². The van der Waals surface area contributed by atoms with E-state index in [9.17, 15) is 26.7 Å². The van der Waals surface area contributed by atoms with Gasteiger partial charge in [0.1, 0.15) is 5.75 Å². The third kappa shape index (κ3) is 5.90. The number of nitrogens with one attached hydrogen (secondary N) is 1. The number of alkyl halides is 5. The Kier molecular flexibility index (Phi) is 5.73. The van der Waals surface area contributed by atoms with Gasteiger partial charge in [-0.15, -0.1) is 0 Å². The lowest BCUT2D eigenvalue weighted by Crippen LogP contribution is -2.19. The molecule has 2 rings (SSSR count). The molecule has 2 aromatic rings. The molecular weight excluding hydrogens is 351 g/mol. The van der Waals surface area contributed by atoms with Crippen molar-refractivity contribution in [2.24, 2.45) is 0 Å². The van der Waals surface area contributed by atoms with Gasteiger partial charge < -0.3 is 14.8 Å². The molecule has 0 aliphatic rings. The Morgan fingerprint density at radius 1 is 1.16 bits per heavy atom. The fraction of sp³-hybridized carbons (Fsp3) is 0.200. The smallest absolute Gasteiger partial charge is 0.422 e. The van der Waals surface area contributed by atoms with E-state index in [4.69, 9.17) is 0 Å². The molecular formula is C15H11F5N2O3. The number of ether oxygens (including phenoxy) is 2. The van der Waals surface area contributed by atoms with Crippen molar-refractivity contribution in [3.63, 3.8) is 0 Å². The van der Waals surface area contributed by atoms with E-state index < -0.39 is 25.3 Å². The van der Waals surface area contributed by atoms with Crippen molar-refractivity contribution in [2.45, 2.75) is 12.8 Å². The molecule has 0 bridgehead atoms. The summed E-state index contributed by atoms with van der Waals surface area (Å²) in [5.74, 6) is -1.34. The molecule has 10 heteroatoms. The summed E-state index contributed by atoms with van der Waals surface area (Å²) >= 11 is 0. The lowest BCUT2D eigenvalue weighted by atomic mass is 10.2. The van der Waals surface area contributed by atoms with Gasteiger partial charge in [-0.2, -0.15) is 22.0 Å². The Labute approximate surface area is 138 Å². The third-order valence-electron chi connectivity index (χ3n) is 2.73. The van der Waals surface area contributed by atoms with Crippen molar-refractivity contribution in [2.75, 3.05) is 11.9 Å². The van der Waals surface area contributed by atoms with E-state index in [2.05, 4.69) is 19.8 Å². The second-order valence-corrected chi connectivity index (χ2v) is 4.62. The highest BCUT2D eigenvalue weighted by Crippen LogP contribution is 2.22. The van der Waals surface area contributed by atoms with E-state index in [0.29, 0.717) is 0 Å². The quantitative estimate of drug-likeness (QED) is 0.793. The zero-order valence-electron chi connectivity index (χ0n) is 12.4. The van der Waals surface area contributed by atoms with Crippen molar-refractivity contribution < 1.29 is 36.2 Å². The number of aromatic nitrogens is 1. The van der Waals surface area contributed by atoms with Crippen LogP contribution in [0.1, 0.15) is 10.4 Å². The number of hydrogen-bond donors (Lipinski definition) is 1. The Hall–Kier alpha value is -2.91. The lowest BCUT2D eigenvalue weighted by molar-refractivity contribution is -0.154. The van der Waals surface area contributed by atoms with Crippen molar-refractivity contribution in [1.29, 1.82) is 0 Å². The van der Waals surface area contributed by atoms with Crippen LogP contribution in [0, 0.1) is 0 Å². The number of benzene rings is 1. The SMILES string of the molecule is O=C(Nc1ccc(OCC(F)(F)F)nc1)c1ccccc1OC(F)F. The van der Waals surface area contributed by atoms with Crippen LogP contribution in [0.25, 0.3) is 0 Å². The molecule has 1 aromatic heterocycles. The number of nitrogens with zero attached hydrogens (tertiary/aromatic N) is 1. The third-order valence-corrected chi connectivity index (χ3v) is 2.73. The van der Waals surface area contributed by atoms with Crippen LogP contribution in [0.2, 0.25) is 0 Å². The number of pyridine rings is 1. The van der Waals surface area contributed by atoms with Gasteiger partial charge in [-0.1, -0.05) is 12.1 Å². The monoisotopic (exact) mass is 362 g/mol. The summed E-state index contributed by atoms with van der Waals surface area (Å²) in [6, 6.07) is 7.74. The molecule has 5 nitrogen and oxygen atoms in total. The number of halogens is 5. The molecule has 1 heterocycles. The molecule has 0 unspecified atom stereocenters. The topological polar surface area (TPSA) is 60.5 Å². The zero-order chi connectivity index (χ0) is 18.4. The molecule has 25 heavy (non-hydrogen) atoms. The molecule has 0 radical (unpaired) electrons. The van der Waals surface area contributed by atoms with Gasteiger partial charge in [0.25, 0.3) is 5.91 Å². The van der Waals surface area contributed by atoms with Gasteiger partial charge in [-0.05, 0) is 18.2 Å². The number of hydrogen-bond acceptors (Lipinski definition) is 4. The number of rotatable bonds is 6. The summed E-state index contributed by atoms with van der Waals surface area (Å²) in [6.07, 6.45) is -3.43. The fourth-order valence-corrected chi connectivity index (χ4v) is 1.75. The van der Waals surface area contributed by atoms with Crippen LogP contribution in [0.5, 0.6) is 11.6 Å². The highest BCUT2D eigenvalue weighted by Gasteiger charge is 2.28. The first-order valence-corrected chi connectivity index (χ1v) is 6.75. The van der Waals surface area contributed by atoms with E-state index in [1.165, 1.54) is 30.3 Å². The van der Waals surface area contributed by atoms with Gasteiger partial charge in [-0.25, -0.2) is 4.98 Å². The van der Waals surface area contributed by atoms with Crippen LogP contribution < -0.4 is 14.8 Å². The maximum absolute atomic E-state index is 12.3. The Morgan fingerprint density at radius 3 is 2.48 bits per heavy atom. The summed E-state index contributed by atoms with van der Waals surface area (Å²) < 4.78 is 69.4. The first-order valence-electron chi connectivity index (χ1n) is 6.75. The predicted molar refractivity (Wildman–Crippen MR) is 76.8 cm³/mol. The zero-order valence-corrected chi connectivity index (χ0v) is 12.4. The van der Waals surface area contributed by atoms with Crippen LogP contribution in [0.15, 0.2) is 42.6 Å². The molecule has 0 aliphatic carbocycles. The minimum Gasteiger partial charge on any atom is -0.468 e. The minimum atomic E-state index is -4.50. The summed E-state index contributed by atoms with van der Waals surface area (Å²) in [5, 5.41) is 2.37. The number of anilines is 1. The molecule has 1 amide bonds. The summed E-state index contributed by atoms with van der Waals surface area (Å²) in [4.78, 5) is 15.7. The average molecular weight is 362 g/mol. The fourth-order valence-electron chi connectivity index (χ4n) is 1.75. The van der Waals surface area contributed by atoms with Gasteiger partial charge in [-0.3, -0.25) is 4.79 Å². The van der Waals surface area contributed by atoms with E-state index in [1.54, 1.807) is 0 Å². The molecule has 0 fully saturated rings. The highest BCUT2D eigenvalue weighted by atomic mass is 19.4. The highest BCUT2D eigenvalue weighted by molar-refractivity contribution is 6.06. The van der Waals surface area contributed by atoms with Crippen LogP contribution >= 0.6 is 0 Å². The molecule has 0 atom stereocenters. The van der Waals surface area contributed by atoms with E-state index in [-0.39, 0.29) is 22.9 Å². The second kappa shape index (κ2) is 7.77. The van der Waals surface area contributed by atoms with Crippen LogP contribution in [0.3, 0.4) is 0 Å². The van der Waals surface area contributed by atoms with Gasteiger partial charge in [0.2, 0.25) is 5.88 Å². The predicted octanol–water partition coefficient (Wildman–Crippen LogP) is 3.88. The number of carbonyl (C=O) groups is 1. The first-order chi connectivity index (χ1) is 11.7. The van der Waals surface area contributed by atoms with Crippen molar-refractivity contribution >= 4 is 11.6 Å². The maximum Gasteiger partial charge on any atom is 0.422 e. The summed E-state index contributed by atoms with van der Waals surface area (Å²) in [6.45, 7) is -4.59. The Morgan fingerprint density at radius 2 is 1.88 bits per heavy atom. The van der Waals surface area contributed by atoms with Crippen molar-refractivity contribution in [3.05, 3.63) is 48.2 Å². The molecule has 0 aliphatic heterocycles. The van der Waals surface area contributed by atoms with Gasteiger partial charge in [0, 0.05) is 6.07 Å². The molecule has 1 N–H and O–H groups in total.